The number of hydrogen-bond acceptors (Lipinski definition) is 3. The number of aromatic nitrogens is 1. The van der Waals surface area contributed by atoms with Crippen LogP contribution in [0.3, 0.4) is 0 Å². The van der Waals surface area contributed by atoms with Crippen LogP contribution >= 0.6 is 11.3 Å². The van der Waals surface area contributed by atoms with Crippen LogP contribution in [0, 0.1) is 0 Å². The predicted octanol–water partition coefficient (Wildman–Crippen LogP) is 4.71. The maximum Gasteiger partial charge on any atom is 0.417 e. The van der Waals surface area contributed by atoms with E-state index in [2.05, 4.69) is 4.98 Å². The second-order valence-corrected chi connectivity index (χ2v) is 6.56. The summed E-state index contributed by atoms with van der Waals surface area (Å²) in [4.78, 5) is 4.32. The highest BCUT2D eigenvalue weighted by molar-refractivity contribution is 7.16. The molecule has 0 saturated heterocycles. The number of alkyl halides is 3. The fourth-order valence-electron chi connectivity index (χ4n) is 1.78. The average Bonchev–Trinajstić information content (AvgIpc) is 2.70. The molecule has 108 valence electrons. The van der Waals surface area contributed by atoms with Gasteiger partial charge in [-0.3, -0.25) is 0 Å². The molecule has 6 heteroatoms. The van der Waals surface area contributed by atoms with Crippen molar-refractivity contribution in [1.82, 2.24) is 4.98 Å². The molecule has 0 aliphatic carbocycles. The van der Waals surface area contributed by atoms with Gasteiger partial charge in [0.05, 0.1) is 5.56 Å². The molecule has 0 amide bonds. The van der Waals surface area contributed by atoms with Gasteiger partial charge in [-0.2, -0.15) is 13.2 Å². The lowest BCUT2D eigenvalue weighted by Crippen LogP contribution is -2.10. The summed E-state index contributed by atoms with van der Waals surface area (Å²) < 4.78 is 39.1. The standard InChI is InChI=1S/C14H15F3N2S/c1-13(2,3)12-19-10(11(18)20-12)8-6-4-5-7-9(8)14(15,16)17/h4-7H,18H2,1-3H3. The van der Waals surface area contributed by atoms with Gasteiger partial charge in [0.2, 0.25) is 0 Å². The monoisotopic (exact) mass is 300 g/mol. The van der Waals surface area contributed by atoms with Crippen molar-refractivity contribution < 1.29 is 13.2 Å². The molecule has 0 spiro atoms. The van der Waals surface area contributed by atoms with Crippen molar-refractivity contribution in [2.24, 2.45) is 0 Å². The van der Waals surface area contributed by atoms with Gasteiger partial charge < -0.3 is 5.73 Å². The lowest BCUT2D eigenvalue weighted by molar-refractivity contribution is -0.137. The second kappa shape index (κ2) is 4.77. The zero-order chi connectivity index (χ0) is 15.1. The lowest BCUT2D eigenvalue weighted by atomic mass is 9.98. The molecule has 0 atom stereocenters. The highest BCUT2D eigenvalue weighted by atomic mass is 32.1. The molecule has 1 aromatic heterocycles. The van der Waals surface area contributed by atoms with E-state index in [0.717, 1.165) is 11.1 Å². The number of hydrogen-bond donors (Lipinski definition) is 1. The maximum atomic E-state index is 13.0. The van der Waals surface area contributed by atoms with Gasteiger partial charge in [-0.1, -0.05) is 39.0 Å². The third kappa shape index (κ3) is 2.80. The third-order valence-electron chi connectivity index (χ3n) is 2.78. The average molecular weight is 300 g/mol. The Balaban J connectivity index is 2.62. The molecule has 0 bridgehead atoms. The molecule has 0 radical (unpaired) electrons. The van der Waals surface area contributed by atoms with Crippen LogP contribution in [0.2, 0.25) is 0 Å². The molecule has 0 aliphatic rings. The highest BCUT2D eigenvalue weighted by Gasteiger charge is 2.34. The third-order valence-corrected chi connectivity index (χ3v) is 4.09. The van der Waals surface area contributed by atoms with Gasteiger partial charge in [0.1, 0.15) is 15.7 Å². The van der Waals surface area contributed by atoms with Gasteiger partial charge in [0.15, 0.2) is 0 Å². The van der Waals surface area contributed by atoms with Crippen molar-refractivity contribution in [3.8, 4) is 11.3 Å². The molecular formula is C14H15F3N2S. The van der Waals surface area contributed by atoms with Gasteiger partial charge >= 0.3 is 6.18 Å². The number of thiazole rings is 1. The minimum absolute atomic E-state index is 0.0317. The van der Waals surface area contributed by atoms with E-state index in [0.29, 0.717) is 5.00 Å². The first-order chi connectivity index (χ1) is 9.10. The Bertz CT molecular complexity index is 624. The highest BCUT2D eigenvalue weighted by Crippen LogP contribution is 2.41. The molecule has 0 unspecified atom stereocenters. The zero-order valence-corrected chi connectivity index (χ0v) is 12.2. The molecule has 20 heavy (non-hydrogen) atoms. The van der Waals surface area contributed by atoms with E-state index < -0.39 is 11.7 Å². The van der Waals surface area contributed by atoms with Crippen LogP contribution in [-0.4, -0.2) is 4.98 Å². The molecular weight excluding hydrogens is 285 g/mol. The van der Waals surface area contributed by atoms with Crippen molar-refractivity contribution in [1.29, 1.82) is 0 Å². The number of nitrogens with zero attached hydrogens (tertiary/aromatic N) is 1. The Hall–Kier alpha value is -1.56. The number of nitrogens with two attached hydrogens (primary N) is 1. The molecule has 0 fully saturated rings. The summed E-state index contributed by atoms with van der Waals surface area (Å²) in [5.74, 6) is 0. The quantitative estimate of drug-likeness (QED) is 0.828. The summed E-state index contributed by atoms with van der Waals surface area (Å²) in [6.07, 6.45) is -4.42. The summed E-state index contributed by atoms with van der Waals surface area (Å²) in [5, 5.41) is 1.04. The summed E-state index contributed by atoms with van der Waals surface area (Å²) in [5.41, 5.74) is 5.16. The van der Waals surface area contributed by atoms with Crippen molar-refractivity contribution in [3.05, 3.63) is 34.8 Å². The van der Waals surface area contributed by atoms with Crippen LogP contribution in [0.5, 0.6) is 0 Å². The smallest absolute Gasteiger partial charge is 0.389 e. The van der Waals surface area contributed by atoms with Gasteiger partial charge in [-0.15, -0.1) is 11.3 Å². The van der Waals surface area contributed by atoms with Crippen LogP contribution < -0.4 is 5.73 Å². The Morgan fingerprint density at radius 1 is 1.10 bits per heavy atom. The van der Waals surface area contributed by atoms with Crippen LogP contribution in [-0.2, 0) is 11.6 Å². The number of halogens is 3. The van der Waals surface area contributed by atoms with E-state index in [9.17, 15) is 13.2 Å². The maximum absolute atomic E-state index is 13.0. The largest absolute Gasteiger partial charge is 0.417 e. The molecule has 0 aliphatic heterocycles. The lowest BCUT2D eigenvalue weighted by Gasteiger charge is -2.14. The molecule has 2 nitrogen and oxygen atoms in total. The normalized spacial score (nSPS) is 12.7. The van der Waals surface area contributed by atoms with Crippen molar-refractivity contribution in [3.63, 3.8) is 0 Å². The number of anilines is 1. The van der Waals surface area contributed by atoms with Gasteiger partial charge in [-0.25, -0.2) is 4.98 Å². The van der Waals surface area contributed by atoms with E-state index in [1.54, 1.807) is 6.07 Å². The Kier molecular flexibility index (Phi) is 3.54. The van der Waals surface area contributed by atoms with Gasteiger partial charge in [0, 0.05) is 11.0 Å². The molecule has 2 aromatic rings. The van der Waals surface area contributed by atoms with E-state index in [1.807, 2.05) is 20.8 Å². The van der Waals surface area contributed by atoms with E-state index in [4.69, 9.17) is 5.73 Å². The number of rotatable bonds is 1. The molecule has 2 rings (SSSR count). The Morgan fingerprint density at radius 3 is 2.20 bits per heavy atom. The summed E-state index contributed by atoms with van der Waals surface area (Å²) in [6, 6.07) is 5.37. The van der Waals surface area contributed by atoms with Crippen molar-refractivity contribution in [2.75, 3.05) is 5.73 Å². The first kappa shape index (κ1) is 14.8. The van der Waals surface area contributed by atoms with Crippen LogP contribution in [0.25, 0.3) is 11.3 Å². The Labute approximate surface area is 119 Å². The molecule has 2 N–H and O–H groups in total. The predicted molar refractivity (Wildman–Crippen MR) is 75.7 cm³/mol. The molecule has 0 saturated carbocycles. The number of benzene rings is 1. The van der Waals surface area contributed by atoms with E-state index in [1.165, 1.54) is 23.5 Å². The van der Waals surface area contributed by atoms with Gasteiger partial charge in [0.25, 0.3) is 0 Å². The number of nitrogen functional groups attached to an aromatic ring is 1. The second-order valence-electron chi connectivity index (χ2n) is 5.53. The zero-order valence-electron chi connectivity index (χ0n) is 11.4. The van der Waals surface area contributed by atoms with Crippen LogP contribution in [0.15, 0.2) is 24.3 Å². The van der Waals surface area contributed by atoms with Gasteiger partial charge in [-0.05, 0) is 6.07 Å². The van der Waals surface area contributed by atoms with E-state index in [-0.39, 0.29) is 16.7 Å². The summed E-state index contributed by atoms with van der Waals surface area (Å²) in [6.45, 7) is 5.85. The van der Waals surface area contributed by atoms with Crippen LogP contribution in [0.4, 0.5) is 18.2 Å². The fraction of sp³-hybridized carbons (Fsp3) is 0.357. The summed E-state index contributed by atoms with van der Waals surface area (Å²) >= 11 is 1.23. The van der Waals surface area contributed by atoms with Crippen LogP contribution in [0.1, 0.15) is 31.3 Å². The van der Waals surface area contributed by atoms with Crippen molar-refractivity contribution in [2.45, 2.75) is 32.4 Å². The molecule has 1 heterocycles. The minimum atomic E-state index is -4.42. The topological polar surface area (TPSA) is 38.9 Å². The summed E-state index contributed by atoms with van der Waals surface area (Å²) in [7, 11) is 0. The first-order valence-corrected chi connectivity index (χ1v) is 6.85. The SMILES string of the molecule is CC(C)(C)c1nc(-c2ccccc2C(F)(F)F)c(N)s1. The molecule has 1 aromatic carbocycles. The van der Waals surface area contributed by atoms with Crippen molar-refractivity contribution >= 4 is 16.3 Å². The first-order valence-electron chi connectivity index (χ1n) is 6.04. The fourth-order valence-corrected chi connectivity index (χ4v) is 2.69. The minimum Gasteiger partial charge on any atom is -0.389 e. The van der Waals surface area contributed by atoms with E-state index >= 15 is 0 Å². The Morgan fingerprint density at radius 2 is 1.70 bits per heavy atom.